The molecule has 2 heterocycles. The number of hydrogen-bond acceptors (Lipinski definition) is 5. The minimum atomic E-state index is -0.122. The molecule has 1 aliphatic heterocycles. The molecule has 1 aromatic carbocycles. The van der Waals surface area contributed by atoms with Crippen LogP contribution in [-0.2, 0) is 13.0 Å². The first kappa shape index (κ1) is 22.7. The van der Waals surface area contributed by atoms with Gasteiger partial charge >= 0.3 is 0 Å². The fraction of sp³-hybridized carbons (Fsp3) is 0.522. The summed E-state index contributed by atoms with van der Waals surface area (Å²) in [6.07, 6.45) is 2.92. The number of nitrogens with one attached hydrogen (secondary N) is 1. The summed E-state index contributed by atoms with van der Waals surface area (Å²) in [7, 11) is 3.94. The van der Waals surface area contributed by atoms with E-state index in [0.29, 0.717) is 22.9 Å². The Morgan fingerprint density at radius 1 is 1.23 bits per heavy atom. The van der Waals surface area contributed by atoms with Gasteiger partial charge in [0.1, 0.15) is 23.4 Å². The van der Waals surface area contributed by atoms with Crippen LogP contribution in [0.15, 0.2) is 34.7 Å². The summed E-state index contributed by atoms with van der Waals surface area (Å²) in [4.78, 5) is 16.7. The predicted octanol–water partition coefficient (Wildman–Crippen LogP) is 3.83. The van der Waals surface area contributed by atoms with E-state index in [9.17, 15) is 4.79 Å². The molecule has 7 heteroatoms. The van der Waals surface area contributed by atoms with Gasteiger partial charge in [0.15, 0.2) is 0 Å². The molecule has 0 spiro atoms. The Morgan fingerprint density at radius 3 is 2.60 bits per heavy atom. The van der Waals surface area contributed by atoms with Gasteiger partial charge in [0.2, 0.25) is 0 Å². The number of piperidine rings is 1. The zero-order chi connectivity index (χ0) is 21.5. The van der Waals surface area contributed by atoms with Gasteiger partial charge in [-0.3, -0.25) is 9.69 Å². The standard InChI is InChI=1S/C23H32ClN3O3/c1-4-18-6-7-20(29-18)16-27-12-9-19(10-13-27)30-22-8-5-17(15-21(22)24)23(28)25-11-14-26(2)3/h5-8,15,19H,4,9-14,16H2,1-3H3,(H,25,28). The highest BCUT2D eigenvalue weighted by atomic mass is 35.5. The smallest absolute Gasteiger partial charge is 0.251 e. The number of rotatable bonds is 9. The van der Waals surface area contributed by atoms with Crippen LogP contribution in [0.3, 0.4) is 0 Å². The molecular formula is C23H32ClN3O3. The highest BCUT2D eigenvalue weighted by Gasteiger charge is 2.22. The van der Waals surface area contributed by atoms with E-state index in [-0.39, 0.29) is 12.0 Å². The number of carbonyl (C=O) groups is 1. The molecular weight excluding hydrogens is 402 g/mol. The van der Waals surface area contributed by atoms with Crippen LogP contribution < -0.4 is 10.1 Å². The van der Waals surface area contributed by atoms with E-state index in [2.05, 4.69) is 29.3 Å². The maximum atomic E-state index is 12.2. The Kier molecular flexibility index (Phi) is 8.19. The predicted molar refractivity (Wildman–Crippen MR) is 119 cm³/mol. The lowest BCUT2D eigenvalue weighted by Crippen LogP contribution is -2.37. The molecule has 1 aliphatic rings. The van der Waals surface area contributed by atoms with E-state index in [4.69, 9.17) is 20.8 Å². The Hall–Kier alpha value is -2.02. The molecule has 164 valence electrons. The third-order valence-electron chi connectivity index (χ3n) is 5.31. The van der Waals surface area contributed by atoms with Crippen LogP contribution in [-0.4, -0.2) is 62.1 Å². The summed E-state index contributed by atoms with van der Waals surface area (Å²) in [6, 6.07) is 9.37. The summed E-state index contributed by atoms with van der Waals surface area (Å²) in [5, 5.41) is 3.37. The number of carbonyl (C=O) groups excluding carboxylic acids is 1. The Morgan fingerprint density at radius 2 is 1.97 bits per heavy atom. The van der Waals surface area contributed by atoms with Gasteiger partial charge in [0.05, 0.1) is 11.6 Å². The molecule has 1 fully saturated rings. The molecule has 1 N–H and O–H groups in total. The fourth-order valence-electron chi connectivity index (χ4n) is 3.52. The van der Waals surface area contributed by atoms with Gasteiger partial charge < -0.3 is 19.4 Å². The second kappa shape index (κ2) is 10.8. The van der Waals surface area contributed by atoms with Gasteiger partial charge in [-0.05, 0) is 57.3 Å². The molecule has 0 unspecified atom stereocenters. The van der Waals surface area contributed by atoms with Crippen LogP contribution in [0.2, 0.25) is 5.02 Å². The average Bonchev–Trinajstić information content (AvgIpc) is 3.18. The van der Waals surface area contributed by atoms with Crippen molar-refractivity contribution in [3.63, 3.8) is 0 Å². The molecule has 0 saturated carbocycles. The van der Waals surface area contributed by atoms with Crippen molar-refractivity contribution < 1.29 is 13.9 Å². The van der Waals surface area contributed by atoms with Gasteiger partial charge in [-0.1, -0.05) is 18.5 Å². The number of likely N-dealkylation sites (tertiary alicyclic amines) is 1. The van der Waals surface area contributed by atoms with Gasteiger partial charge in [0.25, 0.3) is 5.91 Å². The second-order valence-corrected chi connectivity index (χ2v) is 8.43. The van der Waals surface area contributed by atoms with Crippen molar-refractivity contribution in [1.29, 1.82) is 0 Å². The van der Waals surface area contributed by atoms with Gasteiger partial charge in [-0.15, -0.1) is 0 Å². The summed E-state index contributed by atoms with van der Waals surface area (Å²) in [6.45, 7) is 6.23. The first-order valence-electron chi connectivity index (χ1n) is 10.6. The summed E-state index contributed by atoms with van der Waals surface area (Å²) in [5.74, 6) is 2.57. The van der Waals surface area contributed by atoms with Crippen molar-refractivity contribution in [3.05, 3.63) is 52.4 Å². The molecule has 1 amide bonds. The Bertz CT molecular complexity index is 829. The van der Waals surface area contributed by atoms with Gasteiger partial charge in [0, 0.05) is 38.2 Å². The minimum Gasteiger partial charge on any atom is -0.489 e. The molecule has 0 atom stereocenters. The molecule has 0 bridgehead atoms. The number of nitrogens with zero attached hydrogens (tertiary/aromatic N) is 2. The van der Waals surface area contributed by atoms with Crippen LogP contribution in [0.1, 0.15) is 41.6 Å². The number of benzene rings is 1. The topological polar surface area (TPSA) is 58.0 Å². The van der Waals surface area contributed by atoms with E-state index >= 15 is 0 Å². The van der Waals surface area contributed by atoms with Gasteiger partial charge in [-0.2, -0.15) is 0 Å². The van der Waals surface area contributed by atoms with Crippen molar-refractivity contribution in [2.45, 2.75) is 38.8 Å². The summed E-state index contributed by atoms with van der Waals surface area (Å²) >= 11 is 6.39. The van der Waals surface area contributed by atoms with E-state index in [1.54, 1.807) is 18.2 Å². The van der Waals surface area contributed by atoms with Crippen LogP contribution in [0.25, 0.3) is 0 Å². The number of aryl methyl sites for hydroxylation is 1. The van der Waals surface area contributed by atoms with E-state index in [1.165, 1.54) is 0 Å². The third kappa shape index (κ3) is 6.49. The van der Waals surface area contributed by atoms with Crippen LogP contribution in [0.5, 0.6) is 5.75 Å². The fourth-order valence-corrected chi connectivity index (χ4v) is 3.74. The van der Waals surface area contributed by atoms with Gasteiger partial charge in [-0.25, -0.2) is 0 Å². The Balaban J connectivity index is 1.47. The van der Waals surface area contributed by atoms with Crippen LogP contribution in [0, 0.1) is 0 Å². The third-order valence-corrected chi connectivity index (χ3v) is 5.61. The molecule has 2 aromatic rings. The largest absolute Gasteiger partial charge is 0.489 e. The SMILES string of the molecule is CCc1ccc(CN2CCC(Oc3ccc(C(=O)NCCN(C)C)cc3Cl)CC2)o1. The van der Waals surface area contributed by atoms with Crippen molar-refractivity contribution in [2.24, 2.45) is 0 Å². The maximum absolute atomic E-state index is 12.2. The molecule has 1 aromatic heterocycles. The highest BCUT2D eigenvalue weighted by Crippen LogP contribution is 2.29. The zero-order valence-electron chi connectivity index (χ0n) is 18.1. The highest BCUT2D eigenvalue weighted by molar-refractivity contribution is 6.32. The number of furan rings is 1. The van der Waals surface area contributed by atoms with Crippen molar-refractivity contribution in [3.8, 4) is 5.75 Å². The second-order valence-electron chi connectivity index (χ2n) is 8.02. The van der Waals surface area contributed by atoms with Crippen molar-refractivity contribution in [2.75, 3.05) is 40.3 Å². The zero-order valence-corrected chi connectivity index (χ0v) is 18.9. The number of ether oxygens (including phenoxy) is 1. The minimum absolute atomic E-state index is 0.122. The van der Waals surface area contributed by atoms with Crippen LogP contribution in [0.4, 0.5) is 0 Å². The van der Waals surface area contributed by atoms with E-state index in [1.807, 2.05) is 19.0 Å². The quantitative estimate of drug-likeness (QED) is 0.651. The molecule has 3 rings (SSSR count). The molecule has 0 radical (unpaired) electrons. The number of halogens is 1. The number of hydrogen-bond donors (Lipinski definition) is 1. The molecule has 1 saturated heterocycles. The average molecular weight is 434 g/mol. The first-order valence-corrected chi connectivity index (χ1v) is 11.0. The first-order chi connectivity index (χ1) is 14.4. The lowest BCUT2D eigenvalue weighted by molar-refractivity contribution is 0.0925. The monoisotopic (exact) mass is 433 g/mol. The van der Waals surface area contributed by atoms with Crippen molar-refractivity contribution in [1.82, 2.24) is 15.1 Å². The Labute approximate surface area is 184 Å². The normalized spacial score (nSPS) is 15.5. The summed E-state index contributed by atoms with van der Waals surface area (Å²) < 4.78 is 11.9. The number of amides is 1. The lowest BCUT2D eigenvalue weighted by atomic mass is 10.1. The molecule has 6 nitrogen and oxygen atoms in total. The van der Waals surface area contributed by atoms with E-state index in [0.717, 1.165) is 57.0 Å². The summed E-state index contributed by atoms with van der Waals surface area (Å²) in [5.41, 5.74) is 0.547. The molecule has 0 aliphatic carbocycles. The molecule has 30 heavy (non-hydrogen) atoms. The number of likely N-dealkylation sites (N-methyl/N-ethyl adjacent to an activating group) is 1. The lowest BCUT2D eigenvalue weighted by Gasteiger charge is -2.31. The maximum Gasteiger partial charge on any atom is 0.251 e. The van der Waals surface area contributed by atoms with Crippen molar-refractivity contribution >= 4 is 17.5 Å². The van der Waals surface area contributed by atoms with E-state index < -0.39 is 0 Å². The van der Waals surface area contributed by atoms with Crippen LogP contribution >= 0.6 is 11.6 Å².